The molecule has 0 fully saturated rings. The standard InChI is InChI=1S/C5H10O.4Na.2H2O3S/c1-3-4-5(2)6;;;;;2*1-4(2)3/h3-4H2,1-2H3;;;;;2*(H2,1,2,3)/q;4*+1;;/p-4. The molecule has 0 aromatic heterocycles. The first-order valence-electron chi connectivity index (χ1n) is 3.26. The second kappa shape index (κ2) is 37.2. The zero-order valence-corrected chi connectivity index (χ0v) is 21.2. The van der Waals surface area contributed by atoms with Crippen LogP contribution in [0.15, 0.2) is 0 Å². The van der Waals surface area contributed by atoms with Crippen molar-refractivity contribution in [1.29, 1.82) is 0 Å². The number of ketones is 1. The van der Waals surface area contributed by atoms with Crippen LogP contribution >= 0.6 is 0 Å². The molecule has 0 rings (SSSR count). The average Bonchev–Trinajstić information content (AvgIpc) is 1.82. The Bertz CT molecular complexity index is 175. The van der Waals surface area contributed by atoms with Gasteiger partial charge in [0, 0.05) is 6.42 Å². The predicted molar refractivity (Wildman–Crippen MR) is 45.0 cm³/mol. The van der Waals surface area contributed by atoms with Crippen molar-refractivity contribution in [3.63, 3.8) is 0 Å². The molecule has 0 aromatic rings. The van der Waals surface area contributed by atoms with E-state index in [0.29, 0.717) is 0 Å². The molecule has 0 unspecified atom stereocenters. The summed E-state index contributed by atoms with van der Waals surface area (Å²) >= 11 is -6.22. The van der Waals surface area contributed by atoms with Crippen molar-refractivity contribution in [3.8, 4) is 0 Å². The molecular weight excluding hydrogens is 328 g/mol. The smallest absolute Gasteiger partial charge is 0.784 e. The van der Waals surface area contributed by atoms with Gasteiger partial charge in [0.25, 0.3) is 0 Å². The van der Waals surface area contributed by atoms with E-state index in [2.05, 4.69) is 0 Å². The van der Waals surface area contributed by atoms with Gasteiger partial charge in [0.1, 0.15) is 5.78 Å². The molecule has 0 aromatic carbocycles. The normalized spacial score (nSPS) is 6.67. The number of carbonyl (C=O) groups is 1. The molecule has 7 nitrogen and oxygen atoms in total. The van der Waals surface area contributed by atoms with Gasteiger partial charge in [0.2, 0.25) is 0 Å². The SMILES string of the molecule is CCCC(C)=O.O=S([O-])[O-].O=S([O-])[O-].[Na+].[Na+].[Na+].[Na+]. The molecule has 0 heterocycles. The molecule has 0 aliphatic rings. The largest absolute Gasteiger partial charge is 1.00 e. The average molecular weight is 338 g/mol. The van der Waals surface area contributed by atoms with Crippen molar-refractivity contribution in [2.75, 3.05) is 0 Å². The van der Waals surface area contributed by atoms with Crippen molar-refractivity contribution in [2.45, 2.75) is 26.7 Å². The van der Waals surface area contributed by atoms with Crippen LogP contribution in [0.3, 0.4) is 0 Å². The third-order valence-electron chi connectivity index (χ3n) is 0.602. The van der Waals surface area contributed by atoms with E-state index in [9.17, 15) is 4.79 Å². The maximum absolute atomic E-state index is 10.0. The summed E-state index contributed by atoms with van der Waals surface area (Å²) in [5, 5.41) is 0. The van der Waals surface area contributed by atoms with Crippen LogP contribution in [0, 0.1) is 0 Å². The number of Topliss-reactive ketones (excluding diaryl/α,β-unsaturated/α-hetero) is 1. The summed E-state index contributed by atoms with van der Waals surface area (Å²) in [4.78, 5) is 10.0. The molecule has 0 atom stereocenters. The summed E-state index contributed by atoms with van der Waals surface area (Å²) in [6.45, 7) is 3.62. The van der Waals surface area contributed by atoms with Gasteiger partial charge in [-0.3, -0.25) is 8.42 Å². The van der Waals surface area contributed by atoms with Gasteiger partial charge in [-0.25, -0.2) is 0 Å². The van der Waals surface area contributed by atoms with Crippen LogP contribution in [0.2, 0.25) is 0 Å². The van der Waals surface area contributed by atoms with Crippen LogP contribution in [-0.2, 0) is 27.5 Å². The van der Waals surface area contributed by atoms with E-state index in [1.807, 2.05) is 6.92 Å². The van der Waals surface area contributed by atoms with Gasteiger partial charge in [0.15, 0.2) is 0 Å². The van der Waals surface area contributed by atoms with E-state index in [1.54, 1.807) is 6.92 Å². The topological polar surface area (TPSA) is 143 Å². The second-order valence-electron chi connectivity index (χ2n) is 1.86. The van der Waals surface area contributed by atoms with E-state index >= 15 is 0 Å². The Kier molecular flexibility index (Phi) is 89.1. The first kappa shape index (κ1) is 43.1. The van der Waals surface area contributed by atoms with Gasteiger partial charge in [0.05, 0.1) is 0 Å². The number of hydrogen-bond donors (Lipinski definition) is 0. The molecule has 13 heteroatoms. The molecule has 0 radical (unpaired) electrons. The Labute approximate surface area is 201 Å². The summed E-state index contributed by atoms with van der Waals surface area (Å²) in [6, 6.07) is 0. The van der Waals surface area contributed by atoms with Crippen molar-refractivity contribution in [2.24, 2.45) is 0 Å². The summed E-state index contributed by atoms with van der Waals surface area (Å²) in [7, 11) is 0. The van der Waals surface area contributed by atoms with Crippen LogP contribution in [0.5, 0.6) is 0 Å². The molecule has 18 heavy (non-hydrogen) atoms. The number of carbonyl (C=O) groups excluding carboxylic acids is 1. The number of rotatable bonds is 2. The van der Waals surface area contributed by atoms with Gasteiger partial charge in [-0.1, -0.05) is 6.92 Å². The molecule has 0 N–H and O–H groups in total. The van der Waals surface area contributed by atoms with Gasteiger partial charge >= 0.3 is 118 Å². The van der Waals surface area contributed by atoms with E-state index < -0.39 is 22.7 Å². The monoisotopic (exact) mass is 338 g/mol. The summed E-state index contributed by atoms with van der Waals surface area (Å²) < 4.78 is 50.7. The molecule has 0 amide bonds. The molecule has 0 saturated carbocycles. The molecule has 0 bridgehead atoms. The van der Waals surface area contributed by atoms with Crippen LogP contribution < -0.4 is 118 Å². The van der Waals surface area contributed by atoms with E-state index in [-0.39, 0.29) is 124 Å². The van der Waals surface area contributed by atoms with Gasteiger partial charge in [-0.05, 0) is 13.3 Å². The third kappa shape index (κ3) is 151. The van der Waals surface area contributed by atoms with Gasteiger partial charge < -0.3 is 23.0 Å². The Hall–Kier alpha value is 3.81. The van der Waals surface area contributed by atoms with Crippen molar-refractivity contribution in [3.05, 3.63) is 0 Å². The van der Waals surface area contributed by atoms with Crippen LogP contribution in [0.25, 0.3) is 0 Å². The molecular formula is C5H10Na4O7S2. The zero-order chi connectivity index (χ0) is 12.1. The molecule has 0 aliphatic heterocycles. The summed E-state index contributed by atoms with van der Waals surface area (Å²) in [5.74, 6) is 0.289. The van der Waals surface area contributed by atoms with Crippen LogP contribution in [0.4, 0.5) is 0 Å². The predicted octanol–water partition coefficient (Wildman–Crippen LogP) is -12.6. The summed E-state index contributed by atoms with van der Waals surface area (Å²) in [6.07, 6.45) is 1.72. The minimum absolute atomic E-state index is 0. The number of hydrogen-bond acceptors (Lipinski definition) is 7. The fourth-order valence-corrected chi connectivity index (χ4v) is 0.352. The maximum atomic E-state index is 10.0. The van der Waals surface area contributed by atoms with Crippen molar-refractivity contribution < 1.29 is 150 Å². The van der Waals surface area contributed by atoms with E-state index in [1.165, 1.54) is 0 Å². The van der Waals surface area contributed by atoms with Crippen LogP contribution in [0.1, 0.15) is 26.7 Å². The van der Waals surface area contributed by atoms with E-state index in [4.69, 9.17) is 26.6 Å². The Morgan fingerprint density at radius 2 is 1.06 bits per heavy atom. The minimum atomic E-state index is -3.11. The van der Waals surface area contributed by atoms with Gasteiger partial charge in [-0.2, -0.15) is 0 Å². The van der Waals surface area contributed by atoms with Crippen LogP contribution in [-0.4, -0.2) is 32.4 Å². The Balaban J connectivity index is -0.0000000186. The summed E-state index contributed by atoms with van der Waals surface area (Å²) in [5.41, 5.74) is 0. The Morgan fingerprint density at radius 3 is 1.06 bits per heavy atom. The molecule has 88 valence electrons. The molecule has 0 saturated heterocycles. The fraction of sp³-hybridized carbons (Fsp3) is 0.800. The third-order valence-corrected chi connectivity index (χ3v) is 0.602. The minimum Gasteiger partial charge on any atom is -0.784 e. The van der Waals surface area contributed by atoms with Crippen molar-refractivity contribution >= 4 is 28.5 Å². The van der Waals surface area contributed by atoms with E-state index in [0.717, 1.165) is 12.8 Å². The van der Waals surface area contributed by atoms with Crippen molar-refractivity contribution in [1.82, 2.24) is 0 Å². The Morgan fingerprint density at radius 1 is 0.889 bits per heavy atom. The second-order valence-corrected chi connectivity index (χ2v) is 2.68. The zero-order valence-electron chi connectivity index (χ0n) is 11.6. The first-order valence-corrected chi connectivity index (χ1v) is 5.26. The first-order chi connectivity index (χ1) is 6.23. The molecule has 0 spiro atoms. The quantitative estimate of drug-likeness (QED) is 0.359. The molecule has 0 aliphatic carbocycles. The maximum Gasteiger partial charge on any atom is 1.00 e. The van der Waals surface area contributed by atoms with Gasteiger partial charge in [-0.15, -0.1) is 22.7 Å². The fourth-order valence-electron chi connectivity index (χ4n) is 0.352.